The molecule has 0 fully saturated rings. The van der Waals surface area contributed by atoms with E-state index in [1.807, 2.05) is 0 Å². The van der Waals surface area contributed by atoms with Gasteiger partial charge in [-0.3, -0.25) is 4.79 Å². The number of amides is 1. The third kappa shape index (κ3) is 4.60. The fraction of sp³-hybridized carbons (Fsp3) is 0.133. The highest BCUT2D eigenvalue weighted by atomic mass is 35.7. The van der Waals surface area contributed by atoms with E-state index in [0.717, 1.165) is 0 Å². The molecule has 0 saturated carbocycles. The van der Waals surface area contributed by atoms with Crippen molar-refractivity contribution in [2.24, 2.45) is 0 Å². The second-order valence-corrected chi connectivity index (χ2v) is 7.61. The predicted molar refractivity (Wildman–Crippen MR) is 88.7 cm³/mol. The predicted octanol–water partition coefficient (Wildman–Crippen LogP) is 3.21. The van der Waals surface area contributed by atoms with Gasteiger partial charge in [-0.15, -0.1) is 0 Å². The highest BCUT2D eigenvalue weighted by Crippen LogP contribution is 2.24. The van der Waals surface area contributed by atoms with E-state index in [-0.39, 0.29) is 17.3 Å². The number of carbonyl (C=O) groups is 1. The molecule has 0 aliphatic rings. The van der Waals surface area contributed by atoms with Crippen molar-refractivity contribution in [1.82, 2.24) is 5.32 Å². The largest absolute Gasteiger partial charge is 0.496 e. The molecular weight excluding hydrogens is 361 g/mol. The van der Waals surface area contributed by atoms with E-state index in [4.69, 9.17) is 27.0 Å². The average molecular weight is 374 g/mol. The van der Waals surface area contributed by atoms with Gasteiger partial charge in [-0.1, -0.05) is 17.7 Å². The third-order valence-electron chi connectivity index (χ3n) is 3.06. The van der Waals surface area contributed by atoms with Gasteiger partial charge in [0.2, 0.25) is 0 Å². The molecule has 0 unspecified atom stereocenters. The first-order chi connectivity index (χ1) is 10.8. The van der Waals surface area contributed by atoms with Gasteiger partial charge in [0.25, 0.3) is 15.0 Å². The summed E-state index contributed by atoms with van der Waals surface area (Å²) >= 11 is 5.84. The number of ether oxygens (including phenoxy) is 1. The second kappa shape index (κ2) is 7.21. The molecule has 0 saturated heterocycles. The highest BCUT2D eigenvalue weighted by Gasteiger charge is 2.14. The Balaban J connectivity index is 2.20. The van der Waals surface area contributed by atoms with E-state index in [1.54, 1.807) is 18.2 Å². The van der Waals surface area contributed by atoms with Crippen LogP contribution in [0.15, 0.2) is 47.4 Å². The van der Waals surface area contributed by atoms with Gasteiger partial charge in [0.15, 0.2) is 0 Å². The van der Waals surface area contributed by atoms with Crippen molar-refractivity contribution in [3.63, 3.8) is 0 Å². The van der Waals surface area contributed by atoms with Crippen molar-refractivity contribution >= 4 is 37.2 Å². The van der Waals surface area contributed by atoms with Crippen molar-refractivity contribution in [3.8, 4) is 5.75 Å². The minimum Gasteiger partial charge on any atom is -0.496 e. The fourth-order valence-corrected chi connectivity index (χ4v) is 2.94. The molecule has 2 aromatic carbocycles. The Labute approximate surface area is 143 Å². The van der Waals surface area contributed by atoms with Gasteiger partial charge in [0.05, 0.1) is 12.0 Å². The van der Waals surface area contributed by atoms with Gasteiger partial charge in [0.1, 0.15) is 5.75 Å². The van der Waals surface area contributed by atoms with E-state index < -0.39 is 9.05 Å². The Morgan fingerprint density at radius 1 is 1.22 bits per heavy atom. The van der Waals surface area contributed by atoms with E-state index in [1.165, 1.54) is 31.4 Å². The van der Waals surface area contributed by atoms with Crippen LogP contribution in [0.25, 0.3) is 0 Å². The molecule has 1 N–H and O–H groups in total. The first kappa shape index (κ1) is 17.6. The van der Waals surface area contributed by atoms with E-state index in [9.17, 15) is 13.2 Å². The van der Waals surface area contributed by atoms with Crippen molar-refractivity contribution in [1.29, 1.82) is 0 Å². The molecule has 5 nitrogen and oxygen atoms in total. The number of carbonyl (C=O) groups excluding carboxylic acids is 1. The number of benzene rings is 2. The zero-order valence-electron chi connectivity index (χ0n) is 12.0. The molecule has 8 heteroatoms. The summed E-state index contributed by atoms with van der Waals surface area (Å²) in [6.45, 7) is 0.0781. The van der Waals surface area contributed by atoms with Gasteiger partial charge >= 0.3 is 0 Å². The molecule has 0 radical (unpaired) electrons. The van der Waals surface area contributed by atoms with Crippen LogP contribution in [0.3, 0.4) is 0 Å². The zero-order valence-corrected chi connectivity index (χ0v) is 14.4. The number of halogens is 2. The van der Waals surface area contributed by atoms with Crippen LogP contribution in [0.2, 0.25) is 5.02 Å². The Hall–Kier alpha value is -1.76. The summed E-state index contributed by atoms with van der Waals surface area (Å²) in [4.78, 5) is 12.0. The smallest absolute Gasteiger partial charge is 0.261 e. The van der Waals surface area contributed by atoms with Crippen LogP contribution >= 0.6 is 22.3 Å². The Morgan fingerprint density at radius 3 is 2.57 bits per heavy atom. The molecule has 0 aromatic heterocycles. The topological polar surface area (TPSA) is 72.5 Å². The Bertz CT molecular complexity index is 837. The lowest BCUT2D eigenvalue weighted by atomic mass is 10.1. The van der Waals surface area contributed by atoms with Gasteiger partial charge in [-0.2, -0.15) is 0 Å². The lowest BCUT2D eigenvalue weighted by molar-refractivity contribution is 0.0950. The highest BCUT2D eigenvalue weighted by molar-refractivity contribution is 8.13. The molecule has 2 rings (SSSR count). The van der Waals surface area contributed by atoms with Gasteiger partial charge in [-0.25, -0.2) is 8.42 Å². The number of hydrogen-bond donors (Lipinski definition) is 1. The maximum atomic E-state index is 12.1. The molecule has 0 spiro atoms. The van der Waals surface area contributed by atoms with Crippen LogP contribution in [0.5, 0.6) is 5.75 Å². The van der Waals surface area contributed by atoms with Gasteiger partial charge in [0, 0.05) is 33.4 Å². The molecule has 0 atom stereocenters. The minimum atomic E-state index is -3.86. The Morgan fingerprint density at radius 2 is 1.96 bits per heavy atom. The van der Waals surface area contributed by atoms with Crippen LogP contribution < -0.4 is 10.1 Å². The number of methoxy groups -OCH3 is 1. The molecular formula is C15H13Cl2NO4S. The summed E-state index contributed by atoms with van der Waals surface area (Å²) in [5.74, 6) is 0.106. The van der Waals surface area contributed by atoms with Crippen LogP contribution in [0.1, 0.15) is 15.9 Å². The molecule has 0 aliphatic heterocycles. The standard InChI is InChI=1S/C15H13Cl2NO4S/c1-22-14-6-5-13(23(17,20)21)8-11(14)9-18-15(19)10-3-2-4-12(16)7-10/h2-8H,9H2,1H3,(H,18,19). The summed E-state index contributed by atoms with van der Waals surface area (Å²) in [6, 6.07) is 10.7. The van der Waals surface area contributed by atoms with Crippen LogP contribution in [-0.4, -0.2) is 21.4 Å². The maximum Gasteiger partial charge on any atom is 0.261 e. The second-order valence-electron chi connectivity index (χ2n) is 4.60. The Kier molecular flexibility index (Phi) is 5.51. The van der Waals surface area contributed by atoms with Crippen LogP contribution in [0, 0.1) is 0 Å². The quantitative estimate of drug-likeness (QED) is 0.816. The monoisotopic (exact) mass is 373 g/mol. The van der Waals surface area contributed by atoms with E-state index in [2.05, 4.69) is 5.32 Å². The number of rotatable bonds is 5. The molecule has 23 heavy (non-hydrogen) atoms. The lowest BCUT2D eigenvalue weighted by Crippen LogP contribution is -2.23. The van der Waals surface area contributed by atoms with E-state index in [0.29, 0.717) is 21.9 Å². The van der Waals surface area contributed by atoms with Gasteiger partial charge < -0.3 is 10.1 Å². The van der Waals surface area contributed by atoms with Crippen molar-refractivity contribution < 1.29 is 17.9 Å². The summed E-state index contributed by atoms with van der Waals surface area (Å²) in [5.41, 5.74) is 0.891. The molecule has 1 amide bonds. The molecule has 0 heterocycles. The normalized spacial score (nSPS) is 11.1. The van der Waals surface area contributed by atoms with Crippen molar-refractivity contribution in [2.75, 3.05) is 7.11 Å². The van der Waals surface area contributed by atoms with Crippen molar-refractivity contribution in [2.45, 2.75) is 11.4 Å². The summed E-state index contributed by atoms with van der Waals surface area (Å²) in [7, 11) is 2.92. The zero-order chi connectivity index (χ0) is 17.0. The SMILES string of the molecule is COc1ccc(S(=O)(=O)Cl)cc1CNC(=O)c1cccc(Cl)c1. The van der Waals surface area contributed by atoms with Crippen molar-refractivity contribution in [3.05, 3.63) is 58.6 Å². The lowest BCUT2D eigenvalue weighted by Gasteiger charge is -2.11. The molecule has 2 aromatic rings. The first-order valence-electron chi connectivity index (χ1n) is 6.46. The summed E-state index contributed by atoms with van der Waals surface area (Å²) in [6.07, 6.45) is 0. The first-order valence-corrected chi connectivity index (χ1v) is 9.15. The molecule has 0 bridgehead atoms. The number of hydrogen-bond acceptors (Lipinski definition) is 4. The maximum absolute atomic E-state index is 12.1. The number of nitrogens with one attached hydrogen (secondary N) is 1. The van der Waals surface area contributed by atoms with Gasteiger partial charge in [-0.05, 0) is 36.4 Å². The van der Waals surface area contributed by atoms with Crippen LogP contribution in [0.4, 0.5) is 0 Å². The third-order valence-corrected chi connectivity index (χ3v) is 4.65. The average Bonchev–Trinajstić information content (AvgIpc) is 2.51. The summed E-state index contributed by atoms with van der Waals surface area (Å²) in [5, 5.41) is 3.13. The molecule has 122 valence electrons. The molecule has 0 aliphatic carbocycles. The fourth-order valence-electron chi connectivity index (χ4n) is 1.95. The summed E-state index contributed by atoms with van der Waals surface area (Å²) < 4.78 is 28.0. The van der Waals surface area contributed by atoms with Crippen LogP contribution in [-0.2, 0) is 15.6 Å². The van der Waals surface area contributed by atoms with E-state index >= 15 is 0 Å². The minimum absolute atomic E-state index is 0.0630.